The molecule has 0 aliphatic heterocycles. The summed E-state index contributed by atoms with van der Waals surface area (Å²) in [6.07, 6.45) is 0.509. The third-order valence-electron chi connectivity index (χ3n) is 3.02. The maximum Gasteiger partial charge on any atom is 0.255 e. The van der Waals surface area contributed by atoms with Crippen molar-refractivity contribution >= 4 is 11.8 Å². The summed E-state index contributed by atoms with van der Waals surface area (Å²) >= 11 is 0. The third kappa shape index (κ3) is 3.98. The minimum atomic E-state index is -0.673. The van der Waals surface area contributed by atoms with Crippen LogP contribution in [0.2, 0.25) is 0 Å². The molecule has 0 aliphatic carbocycles. The molecule has 0 fully saturated rings. The van der Waals surface area contributed by atoms with Gasteiger partial charge in [-0.15, -0.1) is 0 Å². The highest BCUT2D eigenvalue weighted by atomic mass is 16.5. The second kappa shape index (κ2) is 6.93. The summed E-state index contributed by atoms with van der Waals surface area (Å²) in [6, 6.07) is 4.62. The van der Waals surface area contributed by atoms with E-state index in [0.717, 1.165) is 5.56 Å². The Hall–Kier alpha value is -2.04. The van der Waals surface area contributed by atoms with Crippen LogP contribution in [-0.4, -0.2) is 25.0 Å². The normalized spacial score (nSPS) is 12.1. The minimum Gasteiger partial charge on any atom is -0.496 e. The van der Waals surface area contributed by atoms with Gasteiger partial charge >= 0.3 is 0 Å². The van der Waals surface area contributed by atoms with E-state index in [-0.39, 0.29) is 11.8 Å². The van der Waals surface area contributed by atoms with Gasteiger partial charge in [-0.1, -0.05) is 26.0 Å². The summed E-state index contributed by atoms with van der Waals surface area (Å²) in [5.74, 6) is -0.112. The molecule has 1 unspecified atom stereocenters. The van der Waals surface area contributed by atoms with E-state index in [1.807, 2.05) is 26.8 Å². The van der Waals surface area contributed by atoms with Gasteiger partial charge in [0.15, 0.2) is 0 Å². The summed E-state index contributed by atoms with van der Waals surface area (Å²) in [7, 11) is 1.51. The van der Waals surface area contributed by atoms with Crippen molar-refractivity contribution in [2.24, 2.45) is 11.7 Å². The number of amides is 2. The van der Waals surface area contributed by atoms with Crippen molar-refractivity contribution < 1.29 is 14.3 Å². The number of nitrogens with two attached hydrogens (primary N) is 1. The lowest BCUT2D eigenvalue weighted by molar-refractivity contribution is -0.120. The maximum absolute atomic E-state index is 12.3. The lowest BCUT2D eigenvalue weighted by Gasteiger charge is -2.18. The Balaban J connectivity index is 2.95. The number of carbonyl (C=O) groups is 2. The fourth-order valence-corrected chi connectivity index (χ4v) is 2.06. The van der Waals surface area contributed by atoms with E-state index in [0.29, 0.717) is 17.7 Å². The van der Waals surface area contributed by atoms with Gasteiger partial charge in [0.1, 0.15) is 11.8 Å². The summed E-state index contributed by atoms with van der Waals surface area (Å²) < 4.78 is 5.24. The Morgan fingerprint density at radius 2 is 2.00 bits per heavy atom. The lowest BCUT2D eigenvalue weighted by Crippen LogP contribution is -2.45. The van der Waals surface area contributed by atoms with Crippen LogP contribution in [0, 0.1) is 12.8 Å². The van der Waals surface area contributed by atoms with Gasteiger partial charge in [0.25, 0.3) is 5.91 Å². The van der Waals surface area contributed by atoms with Crippen LogP contribution in [0.5, 0.6) is 5.75 Å². The number of hydrogen-bond donors (Lipinski definition) is 2. The molecule has 3 N–H and O–H groups in total. The van der Waals surface area contributed by atoms with Crippen LogP contribution in [-0.2, 0) is 4.79 Å². The highest BCUT2D eigenvalue weighted by Crippen LogP contribution is 2.23. The first kappa shape index (κ1) is 16.0. The van der Waals surface area contributed by atoms with E-state index < -0.39 is 11.9 Å². The lowest BCUT2D eigenvalue weighted by atomic mass is 10.0. The SMILES string of the molecule is COc1c(C)cccc1C(=O)NC(CC(C)C)C(N)=O. The van der Waals surface area contributed by atoms with E-state index in [1.54, 1.807) is 12.1 Å². The zero-order valence-electron chi connectivity index (χ0n) is 12.4. The molecule has 1 aromatic rings. The Labute approximate surface area is 119 Å². The number of primary amides is 1. The highest BCUT2D eigenvalue weighted by Gasteiger charge is 2.22. The number of carbonyl (C=O) groups excluding carboxylic acids is 2. The number of ether oxygens (including phenoxy) is 1. The number of methoxy groups -OCH3 is 1. The monoisotopic (exact) mass is 278 g/mol. The first-order chi connectivity index (χ1) is 9.36. The van der Waals surface area contributed by atoms with Gasteiger partial charge in [-0.3, -0.25) is 9.59 Å². The predicted octanol–water partition coefficient (Wildman–Crippen LogP) is 1.63. The molecule has 0 saturated heterocycles. The standard InChI is InChI=1S/C15H22N2O3/c1-9(2)8-12(14(16)18)17-15(19)11-7-5-6-10(3)13(11)20-4/h5-7,9,12H,8H2,1-4H3,(H2,16,18)(H,17,19). The summed E-state index contributed by atoms with van der Waals surface area (Å²) in [5.41, 5.74) is 6.59. The Morgan fingerprint density at radius 1 is 1.35 bits per heavy atom. The van der Waals surface area contributed by atoms with E-state index in [2.05, 4.69) is 5.32 Å². The van der Waals surface area contributed by atoms with Gasteiger partial charge in [0, 0.05) is 0 Å². The Bertz CT molecular complexity index is 498. The molecular formula is C15H22N2O3. The van der Waals surface area contributed by atoms with Crippen LogP contribution in [0.15, 0.2) is 18.2 Å². The molecule has 2 amide bonds. The van der Waals surface area contributed by atoms with Gasteiger partial charge in [0.2, 0.25) is 5.91 Å². The zero-order valence-corrected chi connectivity index (χ0v) is 12.4. The van der Waals surface area contributed by atoms with Crippen molar-refractivity contribution in [1.29, 1.82) is 0 Å². The van der Waals surface area contributed by atoms with Crippen molar-refractivity contribution in [2.75, 3.05) is 7.11 Å². The Morgan fingerprint density at radius 3 is 2.50 bits per heavy atom. The van der Waals surface area contributed by atoms with Gasteiger partial charge in [0.05, 0.1) is 12.7 Å². The van der Waals surface area contributed by atoms with Crippen LogP contribution in [0.3, 0.4) is 0 Å². The van der Waals surface area contributed by atoms with Crippen LogP contribution in [0.4, 0.5) is 0 Å². The van der Waals surface area contributed by atoms with Crippen molar-refractivity contribution in [3.8, 4) is 5.75 Å². The van der Waals surface area contributed by atoms with Crippen LogP contribution >= 0.6 is 0 Å². The fourth-order valence-electron chi connectivity index (χ4n) is 2.06. The molecule has 0 aromatic heterocycles. The molecule has 0 saturated carbocycles. The molecule has 20 heavy (non-hydrogen) atoms. The number of nitrogens with one attached hydrogen (secondary N) is 1. The number of rotatable bonds is 6. The van der Waals surface area contributed by atoms with Crippen molar-refractivity contribution in [3.05, 3.63) is 29.3 Å². The van der Waals surface area contributed by atoms with E-state index in [4.69, 9.17) is 10.5 Å². The first-order valence-corrected chi connectivity index (χ1v) is 6.60. The van der Waals surface area contributed by atoms with Gasteiger partial charge in [-0.05, 0) is 30.9 Å². The molecule has 5 nitrogen and oxygen atoms in total. The van der Waals surface area contributed by atoms with Crippen molar-refractivity contribution in [1.82, 2.24) is 5.32 Å². The number of para-hydroxylation sites is 1. The number of aryl methyl sites for hydroxylation is 1. The fraction of sp³-hybridized carbons (Fsp3) is 0.467. The van der Waals surface area contributed by atoms with Gasteiger partial charge in [-0.2, -0.15) is 0 Å². The van der Waals surface area contributed by atoms with Crippen LogP contribution in [0.25, 0.3) is 0 Å². The summed E-state index contributed by atoms with van der Waals surface area (Å²) in [4.78, 5) is 23.7. The van der Waals surface area contributed by atoms with Crippen molar-refractivity contribution in [3.63, 3.8) is 0 Å². The number of benzene rings is 1. The smallest absolute Gasteiger partial charge is 0.255 e. The zero-order chi connectivity index (χ0) is 15.3. The molecule has 0 heterocycles. The topological polar surface area (TPSA) is 81.4 Å². The number of hydrogen-bond acceptors (Lipinski definition) is 3. The second-order valence-electron chi connectivity index (χ2n) is 5.21. The minimum absolute atomic E-state index is 0.257. The molecule has 0 spiro atoms. The summed E-state index contributed by atoms with van der Waals surface area (Å²) in [6.45, 7) is 5.79. The highest BCUT2D eigenvalue weighted by molar-refractivity contribution is 5.99. The second-order valence-corrected chi connectivity index (χ2v) is 5.21. The average molecular weight is 278 g/mol. The molecule has 5 heteroatoms. The maximum atomic E-state index is 12.3. The van der Waals surface area contributed by atoms with E-state index in [9.17, 15) is 9.59 Å². The molecule has 1 rings (SSSR count). The molecule has 110 valence electrons. The van der Waals surface area contributed by atoms with E-state index >= 15 is 0 Å². The first-order valence-electron chi connectivity index (χ1n) is 6.60. The summed E-state index contributed by atoms with van der Waals surface area (Å²) in [5, 5.41) is 2.67. The van der Waals surface area contributed by atoms with E-state index in [1.165, 1.54) is 7.11 Å². The quantitative estimate of drug-likeness (QED) is 0.830. The molecule has 0 aliphatic rings. The molecular weight excluding hydrogens is 256 g/mol. The third-order valence-corrected chi connectivity index (χ3v) is 3.02. The Kier molecular flexibility index (Phi) is 5.55. The molecule has 0 bridgehead atoms. The van der Waals surface area contributed by atoms with Crippen molar-refractivity contribution in [2.45, 2.75) is 33.2 Å². The van der Waals surface area contributed by atoms with Crippen LogP contribution in [0.1, 0.15) is 36.2 Å². The largest absolute Gasteiger partial charge is 0.496 e. The average Bonchev–Trinajstić information content (AvgIpc) is 2.36. The molecule has 1 atom stereocenters. The van der Waals surface area contributed by atoms with Gasteiger partial charge in [-0.25, -0.2) is 0 Å². The molecule has 1 aromatic carbocycles. The van der Waals surface area contributed by atoms with Gasteiger partial charge < -0.3 is 15.8 Å². The predicted molar refractivity (Wildman–Crippen MR) is 77.6 cm³/mol. The van der Waals surface area contributed by atoms with Crippen LogP contribution < -0.4 is 15.8 Å². The molecule has 0 radical (unpaired) electrons.